The summed E-state index contributed by atoms with van der Waals surface area (Å²) < 4.78 is 15.7. The Morgan fingerprint density at radius 1 is 0.741 bits per heavy atom. The van der Waals surface area contributed by atoms with E-state index < -0.39 is 5.97 Å². The topological polar surface area (TPSA) is 61.8 Å². The molecule has 5 nitrogen and oxygen atoms in total. The van der Waals surface area contributed by atoms with E-state index in [0.29, 0.717) is 22.6 Å². The Labute approximate surface area is 157 Å². The van der Waals surface area contributed by atoms with Crippen LogP contribution in [0.2, 0.25) is 0 Å². The van der Waals surface area contributed by atoms with Crippen LogP contribution < -0.4 is 9.47 Å². The lowest BCUT2D eigenvalue weighted by molar-refractivity contribution is 0.0378. The quantitative estimate of drug-likeness (QED) is 0.488. The van der Waals surface area contributed by atoms with E-state index in [1.54, 1.807) is 67.8 Å². The fourth-order valence-corrected chi connectivity index (χ4v) is 2.59. The highest BCUT2D eigenvalue weighted by atomic mass is 16.5. The third-order valence-corrected chi connectivity index (χ3v) is 3.93. The second kappa shape index (κ2) is 7.91. The van der Waals surface area contributed by atoms with Gasteiger partial charge in [0, 0.05) is 0 Å². The summed E-state index contributed by atoms with van der Waals surface area (Å²) in [6.07, 6.45) is -0.173. The van der Waals surface area contributed by atoms with Crippen molar-refractivity contribution in [2.24, 2.45) is 0 Å². The van der Waals surface area contributed by atoms with Gasteiger partial charge >= 0.3 is 11.9 Å². The fraction of sp³-hybridized carbons (Fsp3) is 0.182. The van der Waals surface area contributed by atoms with E-state index in [9.17, 15) is 9.59 Å². The maximum absolute atomic E-state index is 12.3. The standard InChI is InChI=1S/C22H20O5/c1-14(2)26-22(24)18-5-4-17-13-20(11-8-16(17)12-18)27-21(23)15-6-9-19(25-3)10-7-15/h4-14H,1-3H3. The van der Waals surface area contributed by atoms with Crippen LogP contribution in [0.1, 0.15) is 34.6 Å². The molecule has 0 aliphatic rings. The van der Waals surface area contributed by atoms with E-state index in [-0.39, 0.29) is 12.1 Å². The third kappa shape index (κ3) is 4.44. The Hall–Kier alpha value is -3.34. The van der Waals surface area contributed by atoms with Gasteiger partial charge in [-0.2, -0.15) is 0 Å². The summed E-state index contributed by atoms with van der Waals surface area (Å²) >= 11 is 0. The van der Waals surface area contributed by atoms with Crippen molar-refractivity contribution in [2.75, 3.05) is 7.11 Å². The predicted molar refractivity (Wildman–Crippen MR) is 102 cm³/mol. The van der Waals surface area contributed by atoms with Crippen LogP contribution in [0, 0.1) is 0 Å². The van der Waals surface area contributed by atoms with Crippen molar-refractivity contribution < 1.29 is 23.8 Å². The van der Waals surface area contributed by atoms with Gasteiger partial charge in [-0.25, -0.2) is 9.59 Å². The fourth-order valence-electron chi connectivity index (χ4n) is 2.59. The molecule has 0 radical (unpaired) electrons. The number of benzene rings is 3. The highest BCUT2D eigenvalue weighted by Gasteiger charge is 2.12. The number of carbonyl (C=O) groups excluding carboxylic acids is 2. The van der Waals surface area contributed by atoms with Gasteiger partial charge in [-0.1, -0.05) is 12.1 Å². The maximum Gasteiger partial charge on any atom is 0.343 e. The Morgan fingerprint density at radius 2 is 1.33 bits per heavy atom. The van der Waals surface area contributed by atoms with E-state index in [4.69, 9.17) is 14.2 Å². The molecule has 0 spiro atoms. The molecule has 3 aromatic carbocycles. The minimum absolute atomic E-state index is 0.173. The lowest BCUT2D eigenvalue weighted by Gasteiger charge is -2.09. The number of methoxy groups -OCH3 is 1. The van der Waals surface area contributed by atoms with Crippen molar-refractivity contribution in [1.29, 1.82) is 0 Å². The molecule has 0 amide bonds. The summed E-state index contributed by atoms with van der Waals surface area (Å²) in [4.78, 5) is 24.3. The SMILES string of the molecule is COc1ccc(C(=O)Oc2ccc3cc(C(=O)OC(C)C)ccc3c2)cc1. The summed E-state index contributed by atoms with van der Waals surface area (Å²) in [5.41, 5.74) is 0.918. The van der Waals surface area contributed by atoms with Gasteiger partial charge in [0.15, 0.2) is 0 Å². The third-order valence-electron chi connectivity index (χ3n) is 3.93. The van der Waals surface area contributed by atoms with Gasteiger partial charge in [-0.3, -0.25) is 0 Å². The van der Waals surface area contributed by atoms with Gasteiger partial charge in [0.2, 0.25) is 0 Å². The minimum Gasteiger partial charge on any atom is -0.497 e. The van der Waals surface area contributed by atoms with E-state index in [1.807, 2.05) is 13.8 Å². The molecule has 138 valence electrons. The van der Waals surface area contributed by atoms with Gasteiger partial charge in [0.05, 0.1) is 24.3 Å². The molecule has 0 fully saturated rings. The number of esters is 2. The lowest BCUT2D eigenvalue weighted by Crippen LogP contribution is -2.11. The molecule has 0 aliphatic carbocycles. The van der Waals surface area contributed by atoms with Gasteiger partial charge in [0.25, 0.3) is 0 Å². The molecule has 0 bridgehead atoms. The molecular formula is C22H20O5. The molecule has 0 atom stereocenters. The van der Waals surface area contributed by atoms with Crippen molar-refractivity contribution in [2.45, 2.75) is 20.0 Å². The van der Waals surface area contributed by atoms with E-state index in [2.05, 4.69) is 0 Å². The molecule has 0 aromatic heterocycles. The molecule has 0 aliphatic heterocycles. The van der Waals surface area contributed by atoms with E-state index in [0.717, 1.165) is 10.8 Å². The van der Waals surface area contributed by atoms with Gasteiger partial charge in [-0.15, -0.1) is 0 Å². The first-order valence-electron chi connectivity index (χ1n) is 8.57. The number of carbonyl (C=O) groups is 2. The van der Waals surface area contributed by atoms with Gasteiger partial charge < -0.3 is 14.2 Å². The zero-order chi connectivity index (χ0) is 19.4. The molecule has 0 N–H and O–H groups in total. The predicted octanol–water partition coefficient (Wildman–Crippen LogP) is 4.63. The van der Waals surface area contributed by atoms with Crippen molar-refractivity contribution >= 4 is 22.7 Å². The zero-order valence-corrected chi connectivity index (χ0v) is 15.4. The molecule has 0 heterocycles. The summed E-state index contributed by atoms with van der Waals surface area (Å²) in [6.45, 7) is 3.62. The summed E-state index contributed by atoms with van der Waals surface area (Å²) in [6, 6.07) is 17.2. The highest BCUT2D eigenvalue weighted by molar-refractivity contribution is 5.96. The van der Waals surface area contributed by atoms with Gasteiger partial charge in [0.1, 0.15) is 11.5 Å². The first kappa shape index (κ1) is 18.5. The lowest BCUT2D eigenvalue weighted by atomic mass is 10.1. The smallest absolute Gasteiger partial charge is 0.343 e. The zero-order valence-electron chi connectivity index (χ0n) is 15.4. The second-order valence-electron chi connectivity index (χ2n) is 6.30. The average Bonchev–Trinajstić information content (AvgIpc) is 2.67. The van der Waals surface area contributed by atoms with Crippen LogP contribution in [0.5, 0.6) is 11.5 Å². The first-order chi connectivity index (χ1) is 13.0. The molecular weight excluding hydrogens is 344 g/mol. The molecule has 0 saturated carbocycles. The molecule has 3 rings (SSSR count). The van der Waals surface area contributed by atoms with E-state index in [1.165, 1.54) is 0 Å². The Balaban J connectivity index is 1.77. The number of hydrogen-bond donors (Lipinski definition) is 0. The van der Waals surface area contributed by atoms with Crippen molar-refractivity contribution in [1.82, 2.24) is 0 Å². The van der Waals surface area contributed by atoms with Crippen molar-refractivity contribution in [3.05, 3.63) is 71.8 Å². The maximum atomic E-state index is 12.3. The Kier molecular flexibility index (Phi) is 5.41. The monoisotopic (exact) mass is 364 g/mol. The summed E-state index contributed by atoms with van der Waals surface area (Å²) in [5, 5.41) is 1.72. The molecule has 5 heteroatoms. The van der Waals surface area contributed by atoms with Crippen LogP contribution in [-0.2, 0) is 4.74 Å². The Bertz CT molecular complexity index is 974. The number of hydrogen-bond acceptors (Lipinski definition) is 5. The van der Waals surface area contributed by atoms with Crippen molar-refractivity contribution in [3.63, 3.8) is 0 Å². The van der Waals surface area contributed by atoms with Crippen LogP contribution in [0.15, 0.2) is 60.7 Å². The number of rotatable bonds is 5. The Morgan fingerprint density at radius 3 is 2.00 bits per heavy atom. The van der Waals surface area contributed by atoms with Gasteiger partial charge in [-0.05, 0) is 73.2 Å². The largest absolute Gasteiger partial charge is 0.497 e. The van der Waals surface area contributed by atoms with Crippen LogP contribution >= 0.6 is 0 Å². The highest BCUT2D eigenvalue weighted by Crippen LogP contribution is 2.23. The van der Waals surface area contributed by atoms with Crippen LogP contribution in [-0.4, -0.2) is 25.2 Å². The molecule has 0 unspecified atom stereocenters. The van der Waals surface area contributed by atoms with E-state index >= 15 is 0 Å². The van der Waals surface area contributed by atoms with Crippen LogP contribution in [0.3, 0.4) is 0 Å². The molecule has 0 saturated heterocycles. The first-order valence-corrected chi connectivity index (χ1v) is 8.57. The molecule has 3 aromatic rings. The average molecular weight is 364 g/mol. The van der Waals surface area contributed by atoms with Crippen molar-refractivity contribution in [3.8, 4) is 11.5 Å². The molecule has 27 heavy (non-hydrogen) atoms. The van der Waals surface area contributed by atoms with Crippen LogP contribution in [0.25, 0.3) is 10.8 Å². The minimum atomic E-state index is -0.450. The number of ether oxygens (including phenoxy) is 3. The van der Waals surface area contributed by atoms with Crippen LogP contribution in [0.4, 0.5) is 0 Å². The number of fused-ring (bicyclic) bond motifs is 1. The summed E-state index contributed by atoms with van der Waals surface area (Å²) in [5.74, 6) is 0.293. The second-order valence-corrected chi connectivity index (χ2v) is 6.30. The summed E-state index contributed by atoms with van der Waals surface area (Å²) in [7, 11) is 1.57. The normalized spacial score (nSPS) is 10.7.